The van der Waals surface area contributed by atoms with Gasteiger partial charge in [-0.25, -0.2) is 4.79 Å². The van der Waals surface area contributed by atoms with Crippen LogP contribution in [0.4, 0.5) is 0 Å². The van der Waals surface area contributed by atoms with Crippen molar-refractivity contribution in [3.05, 3.63) is 0 Å². The lowest BCUT2D eigenvalue weighted by Gasteiger charge is -2.50. The number of carboxylic acid groups (broad SMARTS) is 1. The Morgan fingerprint density at radius 2 is 1.02 bits per heavy atom. The minimum atomic E-state index is -3.08. The topological polar surface area (TPSA) is 373 Å². The van der Waals surface area contributed by atoms with Crippen molar-refractivity contribution in [2.45, 2.75) is 349 Å². The van der Waals surface area contributed by atoms with E-state index in [9.17, 15) is 75.7 Å². The number of ether oxygens (including phenoxy) is 6. The lowest BCUT2D eigenvalue weighted by Crippen LogP contribution is -2.70. The Bertz CT molecular complexity index is 1740. The third kappa shape index (κ3) is 27.8. The zero-order chi connectivity index (χ0) is 62.6. The number of aliphatic hydroxyl groups excluding tert-OH is 11. The van der Waals surface area contributed by atoms with Gasteiger partial charge in [0.25, 0.3) is 5.79 Å². The van der Waals surface area contributed by atoms with Crippen molar-refractivity contribution in [3.63, 3.8) is 0 Å². The fraction of sp³-hybridized carbons (Fsp3) is 0.952. The van der Waals surface area contributed by atoms with Crippen LogP contribution >= 0.6 is 0 Å². The molecule has 18 unspecified atom stereocenters. The number of aliphatic carboxylic acids is 1. The maximum atomic E-state index is 13.4. The predicted molar refractivity (Wildman–Crippen MR) is 315 cm³/mol. The summed E-state index contributed by atoms with van der Waals surface area (Å²) in [6, 6.07) is -2.52. The average molecular weight is 1230 g/mol. The van der Waals surface area contributed by atoms with Crippen LogP contribution in [0.15, 0.2) is 0 Å². The summed E-state index contributed by atoms with van der Waals surface area (Å²) in [5.41, 5.74) is 0. The molecule has 3 aliphatic rings. The molecule has 0 bridgehead atoms. The maximum absolute atomic E-state index is 13.4. The average Bonchev–Trinajstić information content (AvgIpc) is 1.54. The second-order valence-corrected chi connectivity index (χ2v) is 24.3. The summed E-state index contributed by atoms with van der Waals surface area (Å²) in [6.07, 6.45) is 8.24. The zero-order valence-electron chi connectivity index (χ0n) is 51.7. The summed E-state index contributed by atoms with van der Waals surface area (Å²) in [4.78, 5) is 38.5. The van der Waals surface area contributed by atoms with Crippen molar-refractivity contribution in [3.8, 4) is 0 Å². The van der Waals surface area contributed by atoms with Crippen molar-refractivity contribution in [1.29, 1.82) is 0 Å². The fourth-order valence-electron chi connectivity index (χ4n) is 11.8. The van der Waals surface area contributed by atoms with Gasteiger partial charge in [-0.2, -0.15) is 0 Å². The first kappa shape index (κ1) is 77.0. The number of amides is 2. The molecular weight excluding hydrogens is 1110 g/mol. The van der Waals surface area contributed by atoms with Crippen LogP contribution < -0.4 is 10.6 Å². The second-order valence-electron chi connectivity index (χ2n) is 24.3. The van der Waals surface area contributed by atoms with Crippen LogP contribution in [-0.4, -0.2) is 215 Å². The predicted octanol–water partition coefficient (Wildman–Crippen LogP) is 4.56. The zero-order valence-corrected chi connectivity index (χ0v) is 51.7. The molecule has 3 fully saturated rings. The van der Waals surface area contributed by atoms with Gasteiger partial charge in [0.15, 0.2) is 12.6 Å². The van der Waals surface area contributed by atoms with Crippen LogP contribution in [0.2, 0.25) is 0 Å². The minimum absolute atomic E-state index is 0.228. The molecule has 0 saturated carbocycles. The third-order valence-corrected chi connectivity index (χ3v) is 17.1. The Balaban J connectivity index is 1.63. The monoisotopic (exact) mass is 1220 g/mol. The number of unbranched alkanes of at least 4 members (excludes halogenated alkanes) is 29. The maximum Gasteiger partial charge on any atom is 0.364 e. The Kier molecular flexibility index (Phi) is 40.1. The molecule has 500 valence electrons. The van der Waals surface area contributed by atoms with E-state index in [1.165, 1.54) is 135 Å². The highest BCUT2D eigenvalue weighted by atomic mass is 16.8. The van der Waals surface area contributed by atoms with Gasteiger partial charge in [-0.3, -0.25) is 9.59 Å². The molecule has 3 aliphatic heterocycles. The van der Waals surface area contributed by atoms with E-state index in [1.807, 2.05) is 0 Å². The van der Waals surface area contributed by atoms with Crippen LogP contribution in [-0.2, 0) is 42.8 Å². The number of hydrogen-bond acceptors (Lipinski definition) is 20. The van der Waals surface area contributed by atoms with Gasteiger partial charge >= 0.3 is 5.97 Å². The van der Waals surface area contributed by atoms with Gasteiger partial charge in [0.05, 0.1) is 50.7 Å². The number of aliphatic hydroxyl groups is 11. The van der Waals surface area contributed by atoms with Crippen LogP contribution in [0.1, 0.15) is 239 Å². The van der Waals surface area contributed by atoms with E-state index in [0.29, 0.717) is 19.3 Å². The molecule has 0 aromatic carbocycles. The van der Waals surface area contributed by atoms with E-state index in [4.69, 9.17) is 28.4 Å². The number of carbonyl (C=O) groups excluding carboxylic acids is 2. The quantitative estimate of drug-likeness (QED) is 0.0371. The molecule has 0 radical (unpaired) electrons. The first-order chi connectivity index (χ1) is 40.9. The molecule has 3 rings (SSSR count). The van der Waals surface area contributed by atoms with E-state index in [0.717, 1.165) is 58.3 Å². The van der Waals surface area contributed by atoms with Gasteiger partial charge in [0.2, 0.25) is 11.8 Å². The molecule has 3 heterocycles. The first-order valence-corrected chi connectivity index (χ1v) is 32.9. The minimum Gasteiger partial charge on any atom is -0.477 e. The Morgan fingerprint density at radius 3 is 1.47 bits per heavy atom. The second kappa shape index (κ2) is 44.2. The van der Waals surface area contributed by atoms with E-state index < -0.39 is 148 Å². The van der Waals surface area contributed by atoms with Crippen molar-refractivity contribution in [2.24, 2.45) is 0 Å². The van der Waals surface area contributed by atoms with E-state index >= 15 is 0 Å². The summed E-state index contributed by atoms with van der Waals surface area (Å²) in [6.45, 7) is 2.20. The molecule has 0 aromatic heterocycles. The Hall–Kier alpha value is -2.27. The normalized spacial score (nSPS) is 29.5. The van der Waals surface area contributed by atoms with Gasteiger partial charge in [-0.15, -0.1) is 0 Å². The molecule has 0 spiro atoms. The van der Waals surface area contributed by atoms with Crippen LogP contribution in [0.25, 0.3) is 0 Å². The van der Waals surface area contributed by atoms with Crippen LogP contribution in [0.5, 0.6) is 0 Å². The Morgan fingerprint density at radius 1 is 0.565 bits per heavy atom. The van der Waals surface area contributed by atoms with Gasteiger partial charge in [-0.1, -0.05) is 206 Å². The molecule has 0 aromatic rings. The number of hydrogen-bond donors (Lipinski definition) is 14. The summed E-state index contributed by atoms with van der Waals surface area (Å²) in [7, 11) is 0. The highest BCUT2D eigenvalue weighted by Crippen LogP contribution is 2.39. The molecule has 3 saturated heterocycles. The van der Waals surface area contributed by atoms with E-state index in [-0.39, 0.29) is 18.9 Å². The van der Waals surface area contributed by atoms with Gasteiger partial charge in [-0.05, 0) is 12.8 Å². The summed E-state index contributed by atoms with van der Waals surface area (Å²) in [5.74, 6) is -6.09. The molecule has 18 atom stereocenters. The van der Waals surface area contributed by atoms with Crippen LogP contribution in [0, 0.1) is 0 Å². The number of carbonyl (C=O) groups is 3. The lowest BCUT2D eigenvalue weighted by molar-refractivity contribution is -0.386. The summed E-state index contributed by atoms with van der Waals surface area (Å²) in [5, 5.41) is 136. The van der Waals surface area contributed by atoms with Crippen LogP contribution in [0.3, 0.4) is 0 Å². The highest BCUT2D eigenvalue weighted by Gasteiger charge is 2.60. The van der Waals surface area contributed by atoms with Gasteiger partial charge in [0, 0.05) is 19.8 Å². The van der Waals surface area contributed by atoms with E-state index in [1.54, 1.807) is 0 Å². The smallest absolute Gasteiger partial charge is 0.364 e. The van der Waals surface area contributed by atoms with E-state index in [2.05, 4.69) is 24.5 Å². The fourth-order valence-corrected chi connectivity index (χ4v) is 11.8. The molecule has 2 amide bonds. The van der Waals surface area contributed by atoms with Crippen molar-refractivity contribution in [1.82, 2.24) is 10.6 Å². The molecule has 14 N–H and O–H groups in total. The number of nitrogens with one attached hydrogen (secondary N) is 2. The SMILES string of the molecule is CCCCCCCCCCCCCCCCCCCC(O)C(COC1OC(CO)C(OC2OC(CO)C(O)C(OC3(C(=O)O)CC(O)C(NC(C)=O)C(C(O)C(O)CO)O3)C2O)C(O)C1O)NC(=O)CCCCCCCCCCCCCCCC. The van der Waals surface area contributed by atoms with Gasteiger partial charge < -0.3 is 100 Å². The number of carboxylic acids is 1. The molecular formula is C62H116N2O21. The van der Waals surface area contributed by atoms with Crippen molar-refractivity contribution in [2.75, 3.05) is 26.4 Å². The van der Waals surface area contributed by atoms with Crippen molar-refractivity contribution < 1.29 is 104 Å². The summed E-state index contributed by atoms with van der Waals surface area (Å²) >= 11 is 0. The van der Waals surface area contributed by atoms with Gasteiger partial charge in [0.1, 0.15) is 67.1 Å². The highest BCUT2D eigenvalue weighted by molar-refractivity contribution is 5.77. The molecule has 23 heteroatoms. The van der Waals surface area contributed by atoms with Crippen molar-refractivity contribution >= 4 is 17.8 Å². The molecule has 0 aliphatic carbocycles. The number of rotatable bonds is 49. The largest absolute Gasteiger partial charge is 0.477 e. The first-order valence-electron chi connectivity index (χ1n) is 32.9. The third-order valence-electron chi connectivity index (χ3n) is 17.1. The lowest BCUT2D eigenvalue weighted by atomic mass is 9.88. The Labute approximate surface area is 506 Å². The molecule has 85 heavy (non-hydrogen) atoms. The molecule has 23 nitrogen and oxygen atoms in total. The standard InChI is InChI=1S/C62H116N2O21/c1-4-6-8-10-12-14-16-18-20-21-22-23-25-27-29-31-33-35-44(69)43(64-49(72)36-34-32-30-28-26-24-19-17-15-13-11-9-7-5-2)41-80-59-54(76)53(75)56(48(40-67)82-59)83-60-55(77)58(52(74)47(39-66)81-60)85-62(61(78)79)37-45(70)50(63-42(3)68)57(84-62)51(73)46(71)38-65/h43-48,50-60,65-67,69-71,73-77H,4-41H2,1-3H3,(H,63,68)(H,64,72)(H,78,79). The summed E-state index contributed by atoms with van der Waals surface area (Å²) < 4.78 is 34.8.